The third-order valence-corrected chi connectivity index (χ3v) is 4.45. The van der Waals surface area contributed by atoms with Gasteiger partial charge in [0.05, 0.1) is 10.6 Å². The van der Waals surface area contributed by atoms with Crippen LogP contribution in [0, 0.1) is 0 Å². The molecule has 1 aromatic carbocycles. The van der Waals surface area contributed by atoms with Crippen LogP contribution in [0.5, 0.6) is 5.75 Å². The number of aromatic hydroxyl groups is 1. The average Bonchev–Trinajstić information content (AvgIpc) is 2.46. The Balaban J connectivity index is 2.30. The first kappa shape index (κ1) is 17.8. The van der Waals surface area contributed by atoms with Crippen molar-refractivity contribution in [2.45, 2.75) is 24.5 Å². The maximum Gasteiger partial charge on any atom is 0.350 e. The third kappa shape index (κ3) is 3.66. The average molecular weight is 356 g/mol. The Morgan fingerprint density at radius 2 is 1.75 bits per heavy atom. The normalized spacial score (nSPS) is 17.0. The number of cyclic esters (lactones) is 2. The SMILES string of the molecule is CNS(=O)(=O)c1ccc(O)c(NC=C2C(=O)OC(C)(C)OC2=O)c1. The number of benzene rings is 1. The Morgan fingerprint density at radius 1 is 1.17 bits per heavy atom. The molecule has 1 fully saturated rings. The zero-order chi connectivity index (χ0) is 18.1. The molecule has 1 aliphatic heterocycles. The number of carbonyl (C=O) groups excluding carboxylic acids is 2. The minimum atomic E-state index is -3.72. The van der Waals surface area contributed by atoms with Gasteiger partial charge in [-0.15, -0.1) is 0 Å². The first-order chi connectivity index (χ1) is 11.1. The van der Waals surface area contributed by atoms with Crippen LogP contribution in [0.15, 0.2) is 34.9 Å². The van der Waals surface area contributed by atoms with Gasteiger partial charge in [0.1, 0.15) is 5.75 Å². The smallest absolute Gasteiger partial charge is 0.350 e. The maximum atomic E-state index is 11.8. The number of sulfonamides is 1. The molecule has 0 spiro atoms. The summed E-state index contributed by atoms with van der Waals surface area (Å²) in [5.41, 5.74) is -0.445. The number of rotatable bonds is 4. The Bertz CT molecular complexity index is 806. The van der Waals surface area contributed by atoms with Crippen molar-refractivity contribution in [3.8, 4) is 5.75 Å². The first-order valence-electron chi connectivity index (χ1n) is 6.76. The van der Waals surface area contributed by atoms with Gasteiger partial charge >= 0.3 is 11.9 Å². The van der Waals surface area contributed by atoms with E-state index in [0.29, 0.717) is 0 Å². The van der Waals surface area contributed by atoms with Crippen LogP contribution in [0.4, 0.5) is 5.69 Å². The summed E-state index contributed by atoms with van der Waals surface area (Å²) in [5, 5.41) is 12.3. The van der Waals surface area contributed by atoms with Gasteiger partial charge in [-0.1, -0.05) is 0 Å². The molecule has 1 aliphatic rings. The lowest BCUT2D eigenvalue weighted by Gasteiger charge is -2.29. The molecule has 0 aromatic heterocycles. The minimum absolute atomic E-state index is 0.0238. The van der Waals surface area contributed by atoms with Crippen LogP contribution >= 0.6 is 0 Å². The largest absolute Gasteiger partial charge is 0.506 e. The molecular formula is C14H16N2O7S. The fourth-order valence-electron chi connectivity index (χ4n) is 1.84. The lowest BCUT2D eigenvalue weighted by molar-refractivity contribution is -0.222. The van der Waals surface area contributed by atoms with E-state index in [0.717, 1.165) is 18.3 Å². The molecule has 0 unspecified atom stereocenters. The lowest BCUT2D eigenvalue weighted by Crippen LogP contribution is -2.42. The number of esters is 2. The highest BCUT2D eigenvalue weighted by Crippen LogP contribution is 2.27. The zero-order valence-electron chi connectivity index (χ0n) is 13.1. The molecule has 24 heavy (non-hydrogen) atoms. The molecule has 1 aromatic rings. The molecule has 0 aliphatic carbocycles. The molecule has 0 radical (unpaired) electrons. The van der Waals surface area contributed by atoms with Gasteiger partial charge in [-0.25, -0.2) is 22.7 Å². The van der Waals surface area contributed by atoms with Crippen molar-refractivity contribution in [1.29, 1.82) is 0 Å². The third-order valence-electron chi connectivity index (χ3n) is 3.04. The molecule has 10 heteroatoms. The molecule has 0 atom stereocenters. The highest BCUT2D eigenvalue weighted by molar-refractivity contribution is 7.89. The molecule has 1 saturated heterocycles. The molecular weight excluding hydrogens is 340 g/mol. The van der Waals surface area contributed by atoms with Crippen molar-refractivity contribution in [3.63, 3.8) is 0 Å². The molecule has 130 valence electrons. The van der Waals surface area contributed by atoms with E-state index in [1.54, 1.807) is 0 Å². The molecule has 1 heterocycles. The summed E-state index contributed by atoms with van der Waals surface area (Å²) in [6.07, 6.45) is 0.977. The van der Waals surface area contributed by atoms with Crippen LogP contribution in [0.25, 0.3) is 0 Å². The predicted octanol–water partition coefficient (Wildman–Crippen LogP) is 0.432. The van der Waals surface area contributed by atoms with E-state index in [9.17, 15) is 23.1 Å². The van der Waals surface area contributed by atoms with E-state index in [2.05, 4.69) is 10.0 Å². The van der Waals surface area contributed by atoms with Crippen molar-refractivity contribution in [1.82, 2.24) is 4.72 Å². The van der Waals surface area contributed by atoms with E-state index >= 15 is 0 Å². The zero-order valence-corrected chi connectivity index (χ0v) is 13.9. The highest BCUT2D eigenvalue weighted by Gasteiger charge is 2.39. The summed E-state index contributed by atoms with van der Waals surface area (Å²) in [6.45, 7) is 2.82. The summed E-state index contributed by atoms with van der Waals surface area (Å²) >= 11 is 0. The second-order valence-electron chi connectivity index (χ2n) is 5.27. The van der Waals surface area contributed by atoms with Gasteiger partial charge in [-0.05, 0) is 25.2 Å². The molecule has 3 N–H and O–H groups in total. The summed E-state index contributed by atoms with van der Waals surface area (Å²) in [6, 6.07) is 3.50. The predicted molar refractivity (Wildman–Crippen MR) is 82.3 cm³/mol. The van der Waals surface area contributed by atoms with E-state index in [1.165, 1.54) is 27.0 Å². The quantitative estimate of drug-likeness (QED) is 0.306. The summed E-state index contributed by atoms with van der Waals surface area (Å²) in [7, 11) is -2.48. The van der Waals surface area contributed by atoms with Crippen molar-refractivity contribution in [2.24, 2.45) is 0 Å². The van der Waals surface area contributed by atoms with Crippen LogP contribution in [0.1, 0.15) is 13.8 Å². The Morgan fingerprint density at radius 3 is 2.29 bits per heavy atom. The summed E-state index contributed by atoms with van der Waals surface area (Å²) in [4.78, 5) is 23.5. The number of carbonyl (C=O) groups is 2. The second-order valence-corrected chi connectivity index (χ2v) is 7.15. The lowest BCUT2D eigenvalue weighted by atomic mass is 10.2. The van der Waals surface area contributed by atoms with Gasteiger partial charge in [-0.3, -0.25) is 0 Å². The van der Waals surface area contributed by atoms with Gasteiger partial charge in [0.15, 0.2) is 5.57 Å². The number of phenols is 1. The number of anilines is 1. The first-order valence-corrected chi connectivity index (χ1v) is 8.24. The van der Waals surface area contributed by atoms with E-state index in [-0.39, 0.29) is 16.3 Å². The molecule has 0 amide bonds. The van der Waals surface area contributed by atoms with Crippen LogP contribution in [0.2, 0.25) is 0 Å². The van der Waals surface area contributed by atoms with Gasteiger partial charge in [0, 0.05) is 20.0 Å². The summed E-state index contributed by atoms with van der Waals surface area (Å²) < 4.78 is 35.5. The number of phenolic OH excluding ortho intramolecular Hbond substituents is 1. The minimum Gasteiger partial charge on any atom is -0.506 e. The molecule has 9 nitrogen and oxygen atoms in total. The van der Waals surface area contributed by atoms with E-state index in [4.69, 9.17) is 9.47 Å². The van der Waals surface area contributed by atoms with Crippen molar-refractivity contribution < 1.29 is 32.6 Å². The maximum absolute atomic E-state index is 11.8. The van der Waals surface area contributed by atoms with Crippen LogP contribution in [-0.4, -0.2) is 38.3 Å². The fraction of sp³-hybridized carbons (Fsp3) is 0.286. The van der Waals surface area contributed by atoms with Crippen molar-refractivity contribution >= 4 is 27.6 Å². The highest BCUT2D eigenvalue weighted by atomic mass is 32.2. The van der Waals surface area contributed by atoms with Gasteiger partial charge in [0.2, 0.25) is 10.0 Å². The van der Waals surface area contributed by atoms with Crippen molar-refractivity contribution in [2.75, 3.05) is 12.4 Å². The number of hydrogen-bond donors (Lipinski definition) is 3. The number of nitrogens with one attached hydrogen (secondary N) is 2. The number of hydrogen-bond acceptors (Lipinski definition) is 8. The Hall–Kier alpha value is -2.59. The van der Waals surface area contributed by atoms with Crippen LogP contribution in [0.3, 0.4) is 0 Å². The van der Waals surface area contributed by atoms with E-state index < -0.39 is 33.3 Å². The molecule has 0 bridgehead atoms. The van der Waals surface area contributed by atoms with Crippen LogP contribution < -0.4 is 10.0 Å². The standard InChI is InChI=1S/C14H16N2O7S/c1-14(2)22-12(18)9(13(19)23-14)7-16-10-6-8(4-5-11(10)17)24(20,21)15-3/h4-7,15-17H,1-3H3. The fourth-order valence-corrected chi connectivity index (χ4v) is 2.60. The molecule has 0 saturated carbocycles. The molecule has 2 rings (SSSR count). The van der Waals surface area contributed by atoms with E-state index in [1.807, 2.05) is 0 Å². The topological polar surface area (TPSA) is 131 Å². The van der Waals surface area contributed by atoms with Crippen molar-refractivity contribution in [3.05, 3.63) is 30.0 Å². The monoisotopic (exact) mass is 356 g/mol. The summed E-state index contributed by atoms with van der Waals surface area (Å²) in [5.74, 6) is -3.45. The number of ether oxygens (including phenoxy) is 2. The van der Waals surface area contributed by atoms with Crippen LogP contribution in [-0.2, 0) is 29.1 Å². The van der Waals surface area contributed by atoms with Gasteiger partial charge in [0.25, 0.3) is 5.79 Å². The Labute approximate surface area is 138 Å². The van der Waals surface area contributed by atoms with Gasteiger partial charge in [-0.2, -0.15) is 0 Å². The Kier molecular flexibility index (Phi) is 4.54. The second kappa shape index (κ2) is 6.13. The van der Waals surface area contributed by atoms with Gasteiger partial charge < -0.3 is 19.9 Å².